The maximum absolute atomic E-state index is 12.2. The van der Waals surface area contributed by atoms with Gasteiger partial charge in [-0.15, -0.1) is 0 Å². The molecule has 1 fully saturated rings. The zero-order chi connectivity index (χ0) is 18.9. The number of rotatable bonds is 7. The minimum atomic E-state index is -0.0236. The number of guanidine groups is 1. The van der Waals surface area contributed by atoms with Crippen LogP contribution in [0.2, 0.25) is 0 Å². The lowest BCUT2D eigenvalue weighted by Gasteiger charge is -2.21. The summed E-state index contributed by atoms with van der Waals surface area (Å²) in [4.78, 5) is 19.1. The van der Waals surface area contributed by atoms with Crippen LogP contribution in [0.15, 0.2) is 27.7 Å². The Labute approximate surface area is 164 Å². The molecule has 7 heteroatoms. The van der Waals surface area contributed by atoms with Crippen LogP contribution in [0.3, 0.4) is 0 Å². The van der Waals surface area contributed by atoms with Gasteiger partial charge in [0.2, 0.25) is 5.91 Å². The number of hydrogen-bond donors (Lipinski definition) is 2. The molecule has 0 aliphatic carbocycles. The van der Waals surface area contributed by atoms with Gasteiger partial charge in [-0.05, 0) is 38.0 Å². The molecule has 0 spiro atoms. The number of nitrogens with zero attached hydrogens (tertiary/aromatic N) is 2. The predicted octanol–water partition coefficient (Wildman–Crippen LogP) is 3.02. The molecule has 1 heterocycles. The Morgan fingerprint density at radius 2 is 2.27 bits per heavy atom. The number of benzene rings is 1. The molecule has 1 aliphatic heterocycles. The fourth-order valence-corrected chi connectivity index (χ4v) is 3.39. The fraction of sp³-hybridized carbons (Fsp3) is 0.579. The molecule has 26 heavy (non-hydrogen) atoms. The Kier molecular flexibility index (Phi) is 8.38. The second-order valence-electron chi connectivity index (χ2n) is 6.55. The average Bonchev–Trinajstić information content (AvgIpc) is 3.06. The number of ether oxygens (including phenoxy) is 1. The number of anilines is 1. The number of amides is 1. The van der Waals surface area contributed by atoms with Crippen LogP contribution in [0.25, 0.3) is 0 Å². The van der Waals surface area contributed by atoms with Crippen molar-refractivity contribution < 1.29 is 9.53 Å². The van der Waals surface area contributed by atoms with Gasteiger partial charge in [0.05, 0.1) is 13.2 Å². The van der Waals surface area contributed by atoms with Gasteiger partial charge in [-0.2, -0.15) is 0 Å². The summed E-state index contributed by atoms with van der Waals surface area (Å²) in [5, 5.41) is 6.29. The van der Waals surface area contributed by atoms with Crippen molar-refractivity contribution in [3.05, 3.63) is 28.2 Å². The van der Waals surface area contributed by atoms with E-state index in [0.717, 1.165) is 54.3 Å². The van der Waals surface area contributed by atoms with Gasteiger partial charge in [-0.25, -0.2) is 0 Å². The first kappa shape index (κ1) is 20.7. The van der Waals surface area contributed by atoms with Crippen LogP contribution in [-0.4, -0.2) is 56.7 Å². The molecule has 0 radical (unpaired) electrons. The van der Waals surface area contributed by atoms with E-state index >= 15 is 0 Å². The van der Waals surface area contributed by atoms with E-state index in [9.17, 15) is 4.79 Å². The fourth-order valence-electron chi connectivity index (χ4n) is 3.03. The Morgan fingerprint density at radius 1 is 1.46 bits per heavy atom. The van der Waals surface area contributed by atoms with Crippen molar-refractivity contribution >= 4 is 33.5 Å². The highest BCUT2D eigenvalue weighted by Gasteiger charge is 2.24. The molecule has 0 aromatic heterocycles. The normalized spacial score (nSPS) is 17.5. The van der Waals surface area contributed by atoms with Crippen molar-refractivity contribution in [3.63, 3.8) is 0 Å². The van der Waals surface area contributed by atoms with Gasteiger partial charge in [-0.1, -0.05) is 22.0 Å². The molecule has 144 valence electrons. The summed E-state index contributed by atoms with van der Waals surface area (Å²) >= 11 is 3.43. The van der Waals surface area contributed by atoms with E-state index in [1.54, 1.807) is 7.11 Å². The summed E-state index contributed by atoms with van der Waals surface area (Å²) in [5.41, 5.74) is 1.88. The lowest BCUT2D eigenvalue weighted by molar-refractivity contribution is -0.116. The molecule has 1 aliphatic rings. The summed E-state index contributed by atoms with van der Waals surface area (Å²) in [6.07, 6.45) is 1.47. The molecular weight excluding hydrogens is 396 g/mol. The van der Waals surface area contributed by atoms with Crippen molar-refractivity contribution in [2.45, 2.75) is 26.7 Å². The Bertz CT molecular complexity index is 636. The first-order chi connectivity index (χ1) is 12.5. The first-order valence-corrected chi connectivity index (χ1v) is 9.91. The second kappa shape index (κ2) is 10.5. The van der Waals surface area contributed by atoms with Gasteiger partial charge in [0, 0.05) is 49.2 Å². The van der Waals surface area contributed by atoms with E-state index in [2.05, 4.69) is 43.4 Å². The van der Waals surface area contributed by atoms with E-state index in [-0.39, 0.29) is 5.91 Å². The second-order valence-corrected chi connectivity index (χ2v) is 7.46. The highest BCUT2D eigenvalue weighted by molar-refractivity contribution is 9.10. The molecule has 2 N–H and O–H groups in total. The Balaban J connectivity index is 1.87. The van der Waals surface area contributed by atoms with Gasteiger partial charge in [-0.3, -0.25) is 9.79 Å². The van der Waals surface area contributed by atoms with Crippen LogP contribution in [0.5, 0.6) is 0 Å². The van der Waals surface area contributed by atoms with Gasteiger partial charge < -0.3 is 20.3 Å². The maximum Gasteiger partial charge on any atom is 0.226 e. The van der Waals surface area contributed by atoms with Crippen LogP contribution < -0.4 is 10.6 Å². The van der Waals surface area contributed by atoms with Crippen LogP contribution in [-0.2, 0) is 9.53 Å². The van der Waals surface area contributed by atoms with Crippen LogP contribution >= 0.6 is 15.9 Å². The van der Waals surface area contributed by atoms with Crippen molar-refractivity contribution in [2.24, 2.45) is 10.9 Å². The lowest BCUT2D eigenvalue weighted by Crippen LogP contribution is -2.40. The predicted molar refractivity (Wildman–Crippen MR) is 110 cm³/mol. The van der Waals surface area contributed by atoms with Crippen LogP contribution in [0.1, 0.15) is 25.3 Å². The third-order valence-corrected chi connectivity index (χ3v) is 4.89. The zero-order valence-electron chi connectivity index (χ0n) is 15.8. The van der Waals surface area contributed by atoms with E-state index in [4.69, 9.17) is 4.74 Å². The molecule has 1 unspecified atom stereocenters. The number of halogens is 1. The maximum atomic E-state index is 12.2. The summed E-state index contributed by atoms with van der Waals surface area (Å²) < 4.78 is 6.21. The smallest absolute Gasteiger partial charge is 0.226 e. The molecule has 2 rings (SSSR count). The highest BCUT2D eigenvalue weighted by atomic mass is 79.9. The van der Waals surface area contributed by atoms with E-state index in [1.807, 2.05) is 25.1 Å². The minimum absolute atomic E-state index is 0.0236. The average molecular weight is 425 g/mol. The quantitative estimate of drug-likeness (QED) is 0.521. The summed E-state index contributed by atoms with van der Waals surface area (Å²) in [7, 11) is 1.74. The number of carbonyl (C=O) groups excluding carboxylic acids is 1. The molecule has 6 nitrogen and oxygen atoms in total. The van der Waals surface area contributed by atoms with Crippen molar-refractivity contribution in [2.75, 3.05) is 45.2 Å². The Morgan fingerprint density at radius 3 is 3.00 bits per heavy atom. The van der Waals surface area contributed by atoms with Crippen molar-refractivity contribution in [1.82, 2.24) is 10.2 Å². The Hall–Kier alpha value is -1.60. The monoisotopic (exact) mass is 424 g/mol. The summed E-state index contributed by atoms with van der Waals surface area (Å²) in [5.74, 6) is 1.41. The lowest BCUT2D eigenvalue weighted by atomic mass is 10.1. The third kappa shape index (κ3) is 6.29. The van der Waals surface area contributed by atoms with Crippen molar-refractivity contribution in [1.29, 1.82) is 0 Å². The van der Waals surface area contributed by atoms with Crippen LogP contribution in [0, 0.1) is 12.8 Å². The summed E-state index contributed by atoms with van der Waals surface area (Å²) in [6.45, 7) is 8.02. The number of nitrogens with one attached hydrogen (secondary N) is 2. The molecule has 1 aromatic carbocycles. The van der Waals surface area contributed by atoms with Crippen molar-refractivity contribution in [3.8, 4) is 0 Å². The molecule has 1 atom stereocenters. The number of aliphatic imine (C=N–C) groups is 1. The first-order valence-electron chi connectivity index (χ1n) is 9.11. The van der Waals surface area contributed by atoms with Gasteiger partial charge in [0.15, 0.2) is 5.96 Å². The number of likely N-dealkylation sites (tertiary alicyclic amines) is 1. The van der Waals surface area contributed by atoms with E-state index in [1.165, 1.54) is 0 Å². The molecule has 0 saturated carbocycles. The minimum Gasteiger partial charge on any atom is -0.384 e. The SMILES string of the molecule is CCNC(=NCCC(=O)Nc1cc(Br)ccc1C)N1CCC(COC)C1. The number of methoxy groups -OCH3 is 1. The molecular formula is C19H29BrN4O2. The number of carbonyl (C=O) groups is 1. The largest absolute Gasteiger partial charge is 0.384 e. The topological polar surface area (TPSA) is 66.0 Å². The van der Waals surface area contributed by atoms with Crippen LogP contribution in [0.4, 0.5) is 5.69 Å². The van der Waals surface area contributed by atoms with Gasteiger partial charge >= 0.3 is 0 Å². The molecule has 1 saturated heterocycles. The number of aryl methyl sites for hydroxylation is 1. The molecule has 1 amide bonds. The molecule has 1 aromatic rings. The standard InChI is InChI=1S/C19H29BrN4O2/c1-4-21-19(24-10-8-15(12-24)13-26-3)22-9-7-18(25)23-17-11-16(20)6-5-14(17)2/h5-6,11,15H,4,7-10,12-13H2,1-3H3,(H,21,22)(H,23,25). The zero-order valence-corrected chi connectivity index (χ0v) is 17.4. The van der Waals surface area contributed by atoms with E-state index < -0.39 is 0 Å². The van der Waals surface area contributed by atoms with E-state index in [0.29, 0.717) is 18.9 Å². The summed E-state index contributed by atoms with van der Waals surface area (Å²) in [6, 6.07) is 5.86. The molecule has 0 bridgehead atoms. The van der Waals surface area contributed by atoms with Gasteiger partial charge in [0.1, 0.15) is 0 Å². The van der Waals surface area contributed by atoms with Gasteiger partial charge in [0.25, 0.3) is 0 Å². The third-order valence-electron chi connectivity index (χ3n) is 4.40. The number of hydrogen-bond acceptors (Lipinski definition) is 3. The highest BCUT2D eigenvalue weighted by Crippen LogP contribution is 2.21.